The predicted molar refractivity (Wildman–Crippen MR) is 100 cm³/mol. The van der Waals surface area contributed by atoms with E-state index in [1.807, 2.05) is 23.5 Å². The number of rotatable bonds is 6. The van der Waals surface area contributed by atoms with Crippen LogP contribution in [0.2, 0.25) is 0 Å². The van der Waals surface area contributed by atoms with E-state index >= 15 is 0 Å². The summed E-state index contributed by atoms with van der Waals surface area (Å²) in [5, 5.41) is 4.01. The zero-order valence-corrected chi connectivity index (χ0v) is 15.8. The summed E-state index contributed by atoms with van der Waals surface area (Å²) >= 11 is 1.89. The molecule has 1 aliphatic heterocycles. The lowest BCUT2D eigenvalue weighted by molar-refractivity contribution is -0.119. The molecular formula is C19H24N4O2S. The first-order valence-corrected chi connectivity index (χ1v) is 10.0. The molecule has 1 atom stereocenters. The van der Waals surface area contributed by atoms with Gasteiger partial charge >= 0.3 is 0 Å². The number of amides is 1. The van der Waals surface area contributed by atoms with Gasteiger partial charge in [-0.1, -0.05) is 0 Å². The molecule has 26 heavy (non-hydrogen) atoms. The number of likely N-dealkylation sites (tertiary alicyclic amines) is 1. The molecule has 1 saturated heterocycles. The average Bonchev–Trinajstić information content (AvgIpc) is 3.30. The van der Waals surface area contributed by atoms with Crippen LogP contribution in [-0.2, 0) is 30.7 Å². The molecule has 0 aromatic carbocycles. The summed E-state index contributed by atoms with van der Waals surface area (Å²) in [6.45, 7) is 4.83. The van der Waals surface area contributed by atoms with Gasteiger partial charge in [0.15, 0.2) is 0 Å². The molecular weight excluding hydrogens is 348 g/mol. The summed E-state index contributed by atoms with van der Waals surface area (Å²) in [7, 11) is 0. The molecule has 1 amide bonds. The maximum absolute atomic E-state index is 11.0. The van der Waals surface area contributed by atoms with Crippen molar-refractivity contribution in [2.45, 2.75) is 51.8 Å². The van der Waals surface area contributed by atoms with Crippen LogP contribution in [-0.4, -0.2) is 40.0 Å². The molecule has 2 aromatic rings. The zero-order chi connectivity index (χ0) is 17.9. The Morgan fingerprint density at radius 2 is 2.38 bits per heavy atom. The molecule has 6 nitrogen and oxygen atoms in total. The molecule has 0 bridgehead atoms. The fourth-order valence-corrected chi connectivity index (χ4v) is 4.77. The van der Waals surface area contributed by atoms with Crippen molar-refractivity contribution in [3.8, 4) is 5.75 Å². The molecule has 1 N–H and O–H groups in total. The van der Waals surface area contributed by atoms with Crippen molar-refractivity contribution in [3.63, 3.8) is 0 Å². The van der Waals surface area contributed by atoms with Crippen LogP contribution in [0, 0.1) is 0 Å². The Labute approximate surface area is 157 Å². The highest BCUT2D eigenvalue weighted by Crippen LogP contribution is 2.29. The van der Waals surface area contributed by atoms with Crippen LogP contribution in [0.4, 0.5) is 0 Å². The van der Waals surface area contributed by atoms with Gasteiger partial charge in [-0.25, -0.2) is 4.98 Å². The number of carbonyl (C=O) groups excluding carboxylic acids is 1. The molecule has 1 aliphatic carbocycles. The first kappa shape index (κ1) is 17.4. The second kappa shape index (κ2) is 7.72. The van der Waals surface area contributed by atoms with Gasteiger partial charge in [0.05, 0.1) is 24.5 Å². The molecule has 7 heteroatoms. The smallest absolute Gasteiger partial charge is 0.217 e. The van der Waals surface area contributed by atoms with Crippen LogP contribution >= 0.6 is 11.3 Å². The highest BCUT2D eigenvalue weighted by molar-refractivity contribution is 7.11. The maximum Gasteiger partial charge on any atom is 0.217 e. The van der Waals surface area contributed by atoms with Crippen molar-refractivity contribution in [1.29, 1.82) is 0 Å². The van der Waals surface area contributed by atoms with E-state index < -0.39 is 0 Å². The third-order valence-corrected chi connectivity index (χ3v) is 5.98. The molecule has 4 rings (SSSR count). The summed E-state index contributed by atoms with van der Waals surface area (Å²) in [5.41, 5.74) is 2.14. The highest BCUT2D eigenvalue weighted by atomic mass is 32.1. The maximum atomic E-state index is 11.0. The number of thiazole rings is 1. The lowest BCUT2D eigenvalue weighted by Crippen LogP contribution is -2.24. The molecule has 138 valence electrons. The number of hydrogen-bond donors (Lipinski definition) is 1. The minimum Gasteiger partial charge on any atom is -0.489 e. The highest BCUT2D eigenvalue weighted by Gasteiger charge is 2.26. The van der Waals surface area contributed by atoms with E-state index in [9.17, 15) is 4.79 Å². The second-order valence-electron chi connectivity index (χ2n) is 6.99. The number of nitrogens with one attached hydrogen (secondary N) is 1. The topological polar surface area (TPSA) is 67.3 Å². The van der Waals surface area contributed by atoms with Gasteiger partial charge in [-0.15, -0.1) is 11.3 Å². The lowest BCUT2D eigenvalue weighted by Gasteiger charge is -2.16. The number of fused-ring (bicyclic) bond motifs is 1. The summed E-state index contributed by atoms with van der Waals surface area (Å²) in [6, 6.07) is 3.79. The van der Waals surface area contributed by atoms with E-state index in [1.165, 1.54) is 35.3 Å². The molecule has 1 fully saturated rings. The van der Waals surface area contributed by atoms with Crippen molar-refractivity contribution in [2.24, 2.45) is 0 Å². The number of carbonyl (C=O) groups is 1. The van der Waals surface area contributed by atoms with E-state index in [0.29, 0.717) is 6.54 Å². The van der Waals surface area contributed by atoms with Gasteiger partial charge in [0, 0.05) is 37.2 Å². The molecule has 0 radical (unpaired) electrons. The van der Waals surface area contributed by atoms with Crippen molar-refractivity contribution in [1.82, 2.24) is 20.2 Å². The summed E-state index contributed by atoms with van der Waals surface area (Å²) in [6.07, 6.45) is 6.58. The number of pyridine rings is 1. The van der Waals surface area contributed by atoms with E-state index in [1.54, 1.807) is 6.20 Å². The molecule has 2 aromatic heterocycles. The number of ether oxygens (including phenoxy) is 1. The third kappa shape index (κ3) is 4.22. The summed E-state index contributed by atoms with van der Waals surface area (Å²) in [4.78, 5) is 24.0. The van der Waals surface area contributed by atoms with Crippen molar-refractivity contribution >= 4 is 17.2 Å². The number of aryl methyl sites for hydroxylation is 2. The Kier molecular flexibility index (Phi) is 5.17. The SMILES string of the molecule is CC(=O)NCc1cc(OC2CCN(Cc3nc4c(s3)CCC4)C2)ccn1. The van der Waals surface area contributed by atoms with Crippen LogP contribution in [0.5, 0.6) is 5.75 Å². The van der Waals surface area contributed by atoms with Gasteiger partial charge in [0.2, 0.25) is 5.91 Å². The fourth-order valence-electron chi connectivity index (χ4n) is 3.57. The normalized spacial score (nSPS) is 19.5. The Bertz CT molecular complexity index is 770. The van der Waals surface area contributed by atoms with Crippen LogP contribution in [0.1, 0.15) is 41.0 Å². The van der Waals surface area contributed by atoms with Gasteiger partial charge < -0.3 is 10.1 Å². The van der Waals surface area contributed by atoms with Gasteiger partial charge in [-0.05, 0) is 31.7 Å². The Hall–Kier alpha value is -1.99. The van der Waals surface area contributed by atoms with E-state index in [-0.39, 0.29) is 12.0 Å². The quantitative estimate of drug-likeness (QED) is 0.843. The molecule has 1 unspecified atom stereocenters. The van der Waals surface area contributed by atoms with E-state index in [0.717, 1.165) is 43.9 Å². The Morgan fingerprint density at radius 3 is 3.23 bits per heavy atom. The van der Waals surface area contributed by atoms with Crippen molar-refractivity contribution in [2.75, 3.05) is 13.1 Å². The molecule has 3 heterocycles. The van der Waals surface area contributed by atoms with Crippen molar-refractivity contribution in [3.05, 3.63) is 39.6 Å². The minimum absolute atomic E-state index is 0.0577. The lowest BCUT2D eigenvalue weighted by atomic mass is 10.3. The number of nitrogens with zero attached hydrogens (tertiary/aromatic N) is 3. The first-order valence-electron chi connectivity index (χ1n) is 9.21. The van der Waals surface area contributed by atoms with Gasteiger partial charge in [0.25, 0.3) is 0 Å². The van der Waals surface area contributed by atoms with Gasteiger partial charge in [0.1, 0.15) is 16.9 Å². The largest absolute Gasteiger partial charge is 0.489 e. The van der Waals surface area contributed by atoms with E-state index in [4.69, 9.17) is 9.72 Å². The minimum atomic E-state index is -0.0577. The number of aromatic nitrogens is 2. The summed E-state index contributed by atoms with van der Waals surface area (Å²) in [5.74, 6) is 0.762. The van der Waals surface area contributed by atoms with Gasteiger partial charge in [-0.2, -0.15) is 0 Å². The standard InChI is InChI=1S/C19H24N4O2S/c1-13(24)21-10-14-9-15(5-7-20-14)25-16-6-8-23(11-16)12-19-22-17-3-2-4-18(17)26-19/h5,7,9,16H,2-4,6,8,10-12H2,1H3,(H,21,24). The Balaban J connectivity index is 1.30. The van der Waals surface area contributed by atoms with E-state index in [2.05, 4.69) is 15.2 Å². The monoisotopic (exact) mass is 372 g/mol. The Morgan fingerprint density at radius 1 is 1.46 bits per heavy atom. The van der Waals surface area contributed by atoms with Crippen LogP contribution in [0.3, 0.4) is 0 Å². The zero-order valence-electron chi connectivity index (χ0n) is 15.0. The average molecular weight is 372 g/mol. The molecule has 0 saturated carbocycles. The van der Waals surface area contributed by atoms with Crippen LogP contribution in [0.15, 0.2) is 18.3 Å². The van der Waals surface area contributed by atoms with Crippen LogP contribution in [0.25, 0.3) is 0 Å². The predicted octanol–water partition coefficient (Wildman–Crippen LogP) is 2.32. The number of hydrogen-bond acceptors (Lipinski definition) is 6. The van der Waals surface area contributed by atoms with Gasteiger partial charge in [-0.3, -0.25) is 14.7 Å². The summed E-state index contributed by atoms with van der Waals surface area (Å²) < 4.78 is 6.14. The third-order valence-electron chi connectivity index (χ3n) is 4.84. The van der Waals surface area contributed by atoms with Crippen LogP contribution < -0.4 is 10.1 Å². The molecule has 0 spiro atoms. The first-order chi connectivity index (χ1) is 12.7. The van der Waals surface area contributed by atoms with Crippen molar-refractivity contribution < 1.29 is 9.53 Å². The second-order valence-corrected chi connectivity index (χ2v) is 8.16. The molecule has 2 aliphatic rings. The fraction of sp³-hybridized carbons (Fsp3) is 0.526.